The topological polar surface area (TPSA) is 78.3 Å². The highest BCUT2D eigenvalue weighted by Crippen LogP contribution is 2.42. The van der Waals surface area contributed by atoms with Gasteiger partial charge in [0.1, 0.15) is 12.0 Å². The van der Waals surface area contributed by atoms with Crippen LogP contribution in [-0.4, -0.2) is 27.6 Å². The third kappa shape index (κ3) is 3.26. The standard InChI is InChI=1S/C27H20N4O3/c1-33-24-15-17(12-13-23(24)34-27(32)18-7-6-14-28-16-18)25-29-20-9-3-2-8-19(20)26-30-21-10-4-5-11-22(21)31(25)26/h2-16,25,29H,1H3/t25-/m1/s1. The van der Waals surface area contributed by atoms with Crippen molar-refractivity contribution in [3.05, 3.63) is 102 Å². The van der Waals surface area contributed by atoms with E-state index < -0.39 is 5.97 Å². The van der Waals surface area contributed by atoms with Gasteiger partial charge in [-0.1, -0.05) is 30.3 Å². The lowest BCUT2D eigenvalue weighted by Gasteiger charge is -2.30. The molecule has 166 valence electrons. The van der Waals surface area contributed by atoms with Gasteiger partial charge >= 0.3 is 5.97 Å². The zero-order valence-corrected chi connectivity index (χ0v) is 18.3. The molecule has 2 aromatic heterocycles. The molecule has 0 spiro atoms. The molecule has 7 heteroatoms. The number of anilines is 1. The number of fused-ring (bicyclic) bond motifs is 5. The predicted octanol–water partition coefficient (Wildman–Crippen LogP) is 5.30. The molecule has 3 heterocycles. The maximum absolute atomic E-state index is 12.5. The van der Waals surface area contributed by atoms with E-state index in [1.54, 1.807) is 31.5 Å². The molecule has 0 radical (unpaired) electrons. The number of para-hydroxylation sites is 3. The number of rotatable bonds is 4. The minimum Gasteiger partial charge on any atom is -0.493 e. The number of ether oxygens (including phenoxy) is 2. The van der Waals surface area contributed by atoms with Crippen LogP contribution in [0.2, 0.25) is 0 Å². The summed E-state index contributed by atoms with van der Waals surface area (Å²) in [6.45, 7) is 0. The molecular weight excluding hydrogens is 428 g/mol. The molecular formula is C27H20N4O3. The van der Waals surface area contributed by atoms with Crippen LogP contribution in [0.4, 0.5) is 5.69 Å². The Kier molecular flexibility index (Phi) is 4.73. The number of carbonyl (C=O) groups excluding carboxylic acids is 1. The van der Waals surface area contributed by atoms with Crippen molar-refractivity contribution in [3.63, 3.8) is 0 Å². The first-order valence-electron chi connectivity index (χ1n) is 10.9. The van der Waals surface area contributed by atoms with Crippen molar-refractivity contribution in [2.75, 3.05) is 12.4 Å². The number of benzene rings is 3. The van der Waals surface area contributed by atoms with Gasteiger partial charge in [-0.2, -0.15) is 0 Å². The first-order chi connectivity index (χ1) is 16.7. The minimum absolute atomic E-state index is 0.228. The Morgan fingerprint density at radius 1 is 0.971 bits per heavy atom. The quantitative estimate of drug-likeness (QED) is 0.297. The smallest absolute Gasteiger partial charge is 0.345 e. The largest absolute Gasteiger partial charge is 0.493 e. The lowest BCUT2D eigenvalue weighted by Crippen LogP contribution is -2.24. The number of nitrogens with zero attached hydrogens (tertiary/aromatic N) is 3. The van der Waals surface area contributed by atoms with Gasteiger partial charge in [0, 0.05) is 23.6 Å². The van der Waals surface area contributed by atoms with Crippen LogP contribution in [0.15, 0.2) is 91.3 Å². The monoisotopic (exact) mass is 448 g/mol. The number of carbonyl (C=O) groups is 1. The summed E-state index contributed by atoms with van der Waals surface area (Å²) in [5.74, 6) is 1.20. The summed E-state index contributed by atoms with van der Waals surface area (Å²) in [5, 5.41) is 3.64. The third-order valence-electron chi connectivity index (χ3n) is 5.92. The van der Waals surface area contributed by atoms with Gasteiger partial charge in [0.15, 0.2) is 11.5 Å². The molecule has 1 atom stereocenters. The summed E-state index contributed by atoms with van der Waals surface area (Å²) in [6, 6.07) is 25.1. The summed E-state index contributed by atoms with van der Waals surface area (Å²) < 4.78 is 13.4. The van der Waals surface area contributed by atoms with Crippen LogP contribution in [0.25, 0.3) is 22.4 Å². The van der Waals surface area contributed by atoms with Crippen molar-refractivity contribution in [3.8, 4) is 22.9 Å². The van der Waals surface area contributed by atoms with Gasteiger partial charge in [-0.25, -0.2) is 9.78 Å². The Labute approximate surface area is 195 Å². The Bertz CT molecular complexity index is 1530. The molecule has 0 bridgehead atoms. The molecule has 34 heavy (non-hydrogen) atoms. The molecule has 0 aliphatic carbocycles. The molecule has 5 aromatic rings. The fourth-order valence-corrected chi connectivity index (χ4v) is 4.32. The first kappa shape index (κ1) is 20.0. The summed E-state index contributed by atoms with van der Waals surface area (Å²) in [6.07, 6.45) is 2.85. The Morgan fingerprint density at radius 2 is 1.82 bits per heavy atom. The summed E-state index contributed by atoms with van der Waals surface area (Å²) in [5.41, 5.74) is 5.31. The van der Waals surface area contributed by atoms with Crippen LogP contribution >= 0.6 is 0 Å². The summed E-state index contributed by atoms with van der Waals surface area (Å²) in [4.78, 5) is 21.4. The van der Waals surface area contributed by atoms with Gasteiger partial charge in [-0.05, 0) is 54.1 Å². The van der Waals surface area contributed by atoms with Crippen molar-refractivity contribution in [2.24, 2.45) is 0 Å². The van der Waals surface area contributed by atoms with E-state index in [1.807, 2.05) is 48.5 Å². The van der Waals surface area contributed by atoms with E-state index in [0.29, 0.717) is 17.1 Å². The van der Waals surface area contributed by atoms with Crippen LogP contribution in [0.5, 0.6) is 11.5 Å². The number of nitrogens with one attached hydrogen (secondary N) is 1. The second-order valence-electron chi connectivity index (χ2n) is 7.93. The molecule has 0 saturated heterocycles. The predicted molar refractivity (Wildman–Crippen MR) is 129 cm³/mol. The number of aromatic nitrogens is 3. The third-order valence-corrected chi connectivity index (χ3v) is 5.92. The van der Waals surface area contributed by atoms with E-state index >= 15 is 0 Å². The van der Waals surface area contributed by atoms with E-state index in [9.17, 15) is 4.79 Å². The van der Waals surface area contributed by atoms with Crippen LogP contribution in [0, 0.1) is 0 Å². The fourth-order valence-electron chi connectivity index (χ4n) is 4.32. The SMILES string of the molecule is COc1cc([C@@H]2Nc3ccccc3-c3nc4ccccc4n32)ccc1OC(=O)c1cccnc1. The number of esters is 1. The zero-order chi connectivity index (χ0) is 23.1. The van der Waals surface area contributed by atoms with Gasteiger partial charge in [-0.15, -0.1) is 0 Å². The number of methoxy groups -OCH3 is 1. The van der Waals surface area contributed by atoms with E-state index in [0.717, 1.165) is 33.7 Å². The highest BCUT2D eigenvalue weighted by molar-refractivity contribution is 5.91. The molecule has 7 nitrogen and oxygen atoms in total. The first-order valence-corrected chi connectivity index (χ1v) is 10.9. The molecule has 6 rings (SSSR count). The average molecular weight is 448 g/mol. The highest BCUT2D eigenvalue weighted by Gasteiger charge is 2.29. The van der Waals surface area contributed by atoms with Crippen molar-refractivity contribution in [1.29, 1.82) is 0 Å². The zero-order valence-electron chi connectivity index (χ0n) is 18.3. The van der Waals surface area contributed by atoms with Crippen molar-refractivity contribution in [1.82, 2.24) is 14.5 Å². The Morgan fingerprint density at radius 3 is 2.68 bits per heavy atom. The number of hydrogen-bond donors (Lipinski definition) is 1. The van der Waals surface area contributed by atoms with Crippen molar-refractivity contribution in [2.45, 2.75) is 6.17 Å². The normalized spacial score (nSPS) is 14.1. The van der Waals surface area contributed by atoms with Crippen LogP contribution in [0.3, 0.4) is 0 Å². The highest BCUT2D eigenvalue weighted by atomic mass is 16.6. The van der Waals surface area contributed by atoms with Crippen LogP contribution in [-0.2, 0) is 0 Å². The second-order valence-corrected chi connectivity index (χ2v) is 7.93. The number of pyridine rings is 1. The maximum Gasteiger partial charge on any atom is 0.345 e. The van der Waals surface area contributed by atoms with E-state index in [-0.39, 0.29) is 6.17 Å². The summed E-state index contributed by atoms with van der Waals surface area (Å²) >= 11 is 0. The minimum atomic E-state index is -0.494. The molecule has 0 fully saturated rings. The van der Waals surface area contributed by atoms with Gasteiger partial charge in [0.25, 0.3) is 0 Å². The Balaban J connectivity index is 1.42. The molecule has 1 aliphatic heterocycles. The van der Waals surface area contributed by atoms with Gasteiger partial charge in [-0.3, -0.25) is 9.55 Å². The molecule has 1 aliphatic rings. The molecule has 0 unspecified atom stereocenters. The lowest BCUT2D eigenvalue weighted by atomic mass is 10.1. The van der Waals surface area contributed by atoms with Crippen molar-refractivity contribution >= 4 is 22.7 Å². The molecule has 3 aromatic carbocycles. The second kappa shape index (κ2) is 8.04. The van der Waals surface area contributed by atoms with Gasteiger partial charge < -0.3 is 14.8 Å². The van der Waals surface area contributed by atoms with Crippen LogP contribution in [0.1, 0.15) is 22.1 Å². The van der Waals surface area contributed by atoms with Crippen LogP contribution < -0.4 is 14.8 Å². The van der Waals surface area contributed by atoms with E-state index in [4.69, 9.17) is 14.5 Å². The number of imidazole rings is 1. The van der Waals surface area contributed by atoms with E-state index in [2.05, 4.69) is 27.0 Å². The fraction of sp³-hybridized carbons (Fsp3) is 0.0741. The Hall–Kier alpha value is -4.65. The molecule has 1 N–H and O–H groups in total. The van der Waals surface area contributed by atoms with Crippen molar-refractivity contribution < 1.29 is 14.3 Å². The summed E-state index contributed by atoms with van der Waals surface area (Å²) in [7, 11) is 1.56. The van der Waals surface area contributed by atoms with Gasteiger partial charge in [0.2, 0.25) is 0 Å². The lowest BCUT2D eigenvalue weighted by molar-refractivity contribution is 0.0729. The van der Waals surface area contributed by atoms with Gasteiger partial charge in [0.05, 0.1) is 23.7 Å². The van der Waals surface area contributed by atoms with E-state index in [1.165, 1.54) is 6.20 Å². The maximum atomic E-state index is 12.5. The average Bonchev–Trinajstić information content (AvgIpc) is 3.29. The molecule has 0 amide bonds. The molecule has 0 saturated carbocycles. The number of hydrogen-bond acceptors (Lipinski definition) is 6.